The van der Waals surface area contributed by atoms with E-state index in [2.05, 4.69) is 35.2 Å². The van der Waals surface area contributed by atoms with Gasteiger partial charge in [0.2, 0.25) is 5.95 Å². The van der Waals surface area contributed by atoms with Crippen molar-refractivity contribution in [3.63, 3.8) is 0 Å². The Hall–Kier alpha value is -0.700. The molecule has 0 fully saturated rings. The van der Waals surface area contributed by atoms with E-state index in [9.17, 15) is 0 Å². The lowest BCUT2D eigenvalue weighted by molar-refractivity contribution is 0.523. The molecule has 1 heterocycles. The Morgan fingerprint density at radius 2 is 2.21 bits per heavy atom. The largest absolute Gasteiger partial charge is 0.339 e. The SMILES string of the molecule is CCn1ccnc1N(C)C(C)(C)CCl. The van der Waals surface area contributed by atoms with Gasteiger partial charge in [0.15, 0.2) is 0 Å². The van der Waals surface area contributed by atoms with E-state index in [0.29, 0.717) is 5.88 Å². The molecule has 0 bridgehead atoms. The molecule has 0 aliphatic rings. The highest BCUT2D eigenvalue weighted by atomic mass is 35.5. The van der Waals surface area contributed by atoms with Crippen LogP contribution in [0.15, 0.2) is 12.4 Å². The number of aryl methyl sites for hydroxylation is 1. The summed E-state index contributed by atoms with van der Waals surface area (Å²) in [4.78, 5) is 6.45. The number of rotatable bonds is 4. The van der Waals surface area contributed by atoms with Gasteiger partial charge in [0, 0.05) is 31.9 Å². The van der Waals surface area contributed by atoms with Crippen molar-refractivity contribution >= 4 is 17.5 Å². The molecule has 0 aliphatic carbocycles. The average Bonchev–Trinajstić information content (AvgIpc) is 2.64. The molecule has 0 spiro atoms. The highest BCUT2D eigenvalue weighted by molar-refractivity contribution is 6.18. The first kappa shape index (κ1) is 11.4. The molecule has 0 aliphatic heterocycles. The fourth-order valence-corrected chi connectivity index (χ4v) is 1.39. The maximum absolute atomic E-state index is 5.92. The van der Waals surface area contributed by atoms with Crippen LogP contribution in [-0.2, 0) is 6.54 Å². The van der Waals surface area contributed by atoms with Crippen molar-refractivity contribution in [2.24, 2.45) is 0 Å². The normalized spacial score (nSPS) is 11.8. The van der Waals surface area contributed by atoms with E-state index in [1.54, 1.807) is 0 Å². The number of nitrogens with zero attached hydrogens (tertiary/aromatic N) is 3. The molecule has 0 saturated heterocycles. The first-order chi connectivity index (χ1) is 6.53. The lowest BCUT2D eigenvalue weighted by Gasteiger charge is -2.34. The summed E-state index contributed by atoms with van der Waals surface area (Å²) in [6.07, 6.45) is 3.80. The second kappa shape index (κ2) is 4.22. The smallest absolute Gasteiger partial charge is 0.205 e. The molecule has 1 aromatic heterocycles. The topological polar surface area (TPSA) is 21.1 Å². The lowest BCUT2D eigenvalue weighted by Crippen LogP contribution is -2.44. The third-order valence-corrected chi connectivity index (χ3v) is 3.22. The molecule has 4 heteroatoms. The van der Waals surface area contributed by atoms with Gasteiger partial charge in [-0.25, -0.2) is 4.98 Å². The molecular formula is C10H18ClN3. The van der Waals surface area contributed by atoms with Gasteiger partial charge in [-0.1, -0.05) is 0 Å². The number of anilines is 1. The molecule has 0 saturated carbocycles. The highest BCUT2D eigenvalue weighted by Crippen LogP contribution is 2.21. The Balaban J connectivity index is 2.94. The molecule has 0 amide bonds. The Bertz CT molecular complexity index is 293. The molecule has 0 unspecified atom stereocenters. The van der Waals surface area contributed by atoms with E-state index in [0.717, 1.165) is 12.5 Å². The van der Waals surface area contributed by atoms with E-state index in [4.69, 9.17) is 11.6 Å². The van der Waals surface area contributed by atoms with Gasteiger partial charge in [0.25, 0.3) is 0 Å². The first-order valence-electron chi connectivity index (χ1n) is 4.84. The predicted molar refractivity (Wildman–Crippen MR) is 61.1 cm³/mol. The van der Waals surface area contributed by atoms with Crippen molar-refractivity contribution in [3.8, 4) is 0 Å². The summed E-state index contributed by atoms with van der Waals surface area (Å²) in [6.45, 7) is 7.24. The maximum atomic E-state index is 5.92. The van der Waals surface area contributed by atoms with E-state index in [-0.39, 0.29) is 5.54 Å². The van der Waals surface area contributed by atoms with Gasteiger partial charge in [-0.3, -0.25) is 0 Å². The fraction of sp³-hybridized carbons (Fsp3) is 0.700. The van der Waals surface area contributed by atoms with Crippen LogP contribution in [0, 0.1) is 0 Å². The standard InChI is InChI=1S/C10H18ClN3/c1-5-14-7-6-12-9(14)13(4)10(2,3)8-11/h6-7H,5,8H2,1-4H3. The highest BCUT2D eigenvalue weighted by Gasteiger charge is 2.25. The predicted octanol–water partition coefficient (Wildman–Crippen LogP) is 2.36. The lowest BCUT2D eigenvalue weighted by atomic mass is 10.1. The van der Waals surface area contributed by atoms with Crippen LogP contribution in [0.5, 0.6) is 0 Å². The number of hydrogen-bond donors (Lipinski definition) is 0. The van der Waals surface area contributed by atoms with Gasteiger partial charge in [-0.2, -0.15) is 0 Å². The number of imidazole rings is 1. The molecule has 14 heavy (non-hydrogen) atoms. The van der Waals surface area contributed by atoms with Gasteiger partial charge >= 0.3 is 0 Å². The summed E-state index contributed by atoms with van der Waals surface area (Å²) in [5.41, 5.74) is -0.0696. The third kappa shape index (κ3) is 2.03. The van der Waals surface area contributed by atoms with Crippen LogP contribution in [-0.4, -0.2) is 28.0 Å². The van der Waals surface area contributed by atoms with Crippen molar-refractivity contribution < 1.29 is 0 Å². The van der Waals surface area contributed by atoms with Crippen molar-refractivity contribution in [1.82, 2.24) is 9.55 Å². The second-order valence-electron chi connectivity index (χ2n) is 4.02. The summed E-state index contributed by atoms with van der Waals surface area (Å²) in [6, 6.07) is 0. The Morgan fingerprint density at radius 3 is 2.71 bits per heavy atom. The minimum absolute atomic E-state index is 0.0696. The second-order valence-corrected chi connectivity index (χ2v) is 4.29. The van der Waals surface area contributed by atoms with Crippen LogP contribution in [0.2, 0.25) is 0 Å². The summed E-state index contributed by atoms with van der Waals surface area (Å²) in [5, 5.41) is 0. The molecule has 0 atom stereocenters. The van der Waals surface area contributed by atoms with E-state index >= 15 is 0 Å². The van der Waals surface area contributed by atoms with E-state index in [1.165, 1.54) is 0 Å². The van der Waals surface area contributed by atoms with Gasteiger partial charge in [-0.05, 0) is 20.8 Å². The monoisotopic (exact) mass is 215 g/mol. The van der Waals surface area contributed by atoms with Crippen molar-refractivity contribution in [1.29, 1.82) is 0 Å². The summed E-state index contributed by atoms with van der Waals surface area (Å²) in [5.74, 6) is 1.55. The molecule has 0 radical (unpaired) electrons. The zero-order valence-corrected chi connectivity index (χ0v) is 10.0. The number of aromatic nitrogens is 2. The van der Waals surface area contributed by atoms with Crippen molar-refractivity contribution in [2.45, 2.75) is 32.9 Å². The molecule has 0 N–H and O–H groups in total. The minimum Gasteiger partial charge on any atom is -0.339 e. The van der Waals surface area contributed by atoms with Crippen molar-refractivity contribution in [3.05, 3.63) is 12.4 Å². The molecule has 1 rings (SSSR count). The first-order valence-corrected chi connectivity index (χ1v) is 5.37. The van der Waals surface area contributed by atoms with Crippen LogP contribution in [0.25, 0.3) is 0 Å². The van der Waals surface area contributed by atoms with Crippen LogP contribution >= 0.6 is 11.6 Å². The minimum atomic E-state index is -0.0696. The number of alkyl halides is 1. The quantitative estimate of drug-likeness (QED) is 0.719. The summed E-state index contributed by atoms with van der Waals surface area (Å²) >= 11 is 5.92. The van der Waals surface area contributed by atoms with Gasteiger partial charge in [-0.15, -0.1) is 11.6 Å². The van der Waals surface area contributed by atoms with Gasteiger partial charge < -0.3 is 9.47 Å². The Morgan fingerprint density at radius 1 is 1.57 bits per heavy atom. The van der Waals surface area contributed by atoms with E-state index in [1.807, 2.05) is 19.4 Å². The molecule has 1 aromatic rings. The maximum Gasteiger partial charge on any atom is 0.205 e. The van der Waals surface area contributed by atoms with Crippen LogP contribution in [0.4, 0.5) is 5.95 Å². The van der Waals surface area contributed by atoms with Crippen LogP contribution in [0.3, 0.4) is 0 Å². The summed E-state index contributed by atoms with van der Waals surface area (Å²) in [7, 11) is 2.02. The molecule has 3 nitrogen and oxygen atoms in total. The van der Waals surface area contributed by atoms with Crippen molar-refractivity contribution in [2.75, 3.05) is 17.8 Å². The fourth-order valence-electron chi connectivity index (χ4n) is 1.21. The zero-order chi connectivity index (χ0) is 10.8. The van der Waals surface area contributed by atoms with Crippen LogP contribution in [0.1, 0.15) is 20.8 Å². The number of halogens is 1. The summed E-state index contributed by atoms with van der Waals surface area (Å²) < 4.78 is 2.11. The molecule has 80 valence electrons. The molecular weight excluding hydrogens is 198 g/mol. The average molecular weight is 216 g/mol. The zero-order valence-electron chi connectivity index (χ0n) is 9.29. The van der Waals surface area contributed by atoms with Crippen LogP contribution < -0.4 is 4.90 Å². The van der Waals surface area contributed by atoms with Gasteiger partial charge in [0.05, 0.1) is 5.54 Å². The third-order valence-electron chi connectivity index (χ3n) is 2.57. The number of hydrogen-bond acceptors (Lipinski definition) is 2. The van der Waals surface area contributed by atoms with E-state index < -0.39 is 0 Å². The van der Waals surface area contributed by atoms with Gasteiger partial charge in [0.1, 0.15) is 0 Å². The molecule has 0 aromatic carbocycles. The Kier molecular flexibility index (Phi) is 3.43. The Labute approximate surface area is 90.7 Å².